The third kappa shape index (κ3) is 16.6. The Labute approximate surface area is 845 Å². The van der Waals surface area contributed by atoms with Crippen LogP contribution in [-0.2, 0) is 16.2 Å². The fraction of sp³-hybridized carbons (Fsp3) is 0.0638. The lowest BCUT2D eigenvalue weighted by Gasteiger charge is -2.27. The number of hydrogen-bond donors (Lipinski definition) is 0. The molecule has 23 aromatic rings. The predicted molar refractivity (Wildman–Crippen MR) is 612 cm³/mol. The van der Waals surface area contributed by atoms with Gasteiger partial charge in [0.1, 0.15) is 0 Å². The second kappa shape index (κ2) is 37.4. The van der Waals surface area contributed by atoms with E-state index in [0.29, 0.717) is 0 Å². The van der Waals surface area contributed by atoms with Crippen molar-refractivity contribution in [1.29, 1.82) is 0 Å². The molecule has 3 nitrogen and oxygen atoms in total. The van der Waals surface area contributed by atoms with Gasteiger partial charge in [-0.05, 0) is 304 Å². The molecule has 0 saturated carbocycles. The van der Waals surface area contributed by atoms with Crippen LogP contribution in [0.4, 0.5) is 51.2 Å². The van der Waals surface area contributed by atoms with E-state index in [1.165, 1.54) is 188 Å². The molecule has 26 rings (SSSR count). The lowest BCUT2D eigenvalue weighted by atomic mass is 9.81. The first-order chi connectivity index (χ1) is 70.7. The Morgan fingerprint density at radius 1 is 0.125 bits per heavy atom. The molecule has 144 heavy (non-hydrogen) atoms. The van der Waals surface area contributed by atoms with Crippen LogP contribution in [0.5, 0.6) is 0 Å². The fourth-order valence-corrected chi connectivity index (χ4v) is 22.7. The highest BCUT2D eigenvalue weighted by Crippen LogP contribution is 2.55. The molecule has 3 aliphatic carbocycles. The van der Waals surface area contributed by atoms with Gasteiger partial charge in [0.25, 0.3) is 0 Å². The van der Waals surface area contributed by atoms with Gasteiger partial charge < -0.3 is 14.7 Å². The maximum absolute atomic E-state index is 2.40. The van der Waals surface area contributed by atoms with E-state index in [1.807, 2.05) is 0 Å². The molecular weight excluding hydrogens is 1740 g/mol. The van der Waals surface area contributed by atoms with E-state index in [4.69, 9.17) is 0 Å². The minimum Gasteiger partial charge on any atom is -0.310 e. The van der Waals surface area contributed by atoms with Crippen molar-refractivity contribution in [3.8, 4) is 122 Å². The molecule has 0 spiro atoms. The molecule has 0 bridgehead atoms. The SMILES string of the molecule is CC1(C)c2ccccc2-c2cc(-c3cccc(-c4ccc(N(c5ccc(-c6ccccc6)cc5)c5cccc6ccccc56)cc4)c3)ccc21.CC1(C)c2ccccc2-c2cc(N(c3ccc(-c4cccc5ccccc45)cc3)c3ccc(-c4cccc5ccccc45)cc3)ccc21.CC1(C)c2ccccc2-c2ccc(-c3cccc(N(c4ccc(-c5ccccc5)cc4)c4ccc(-c5ccccc5)cc4)c3)cc21. The zero-order chi connectivity index (χ0) is 97.0. The summed E-state index contributed by atoms with van der Waals surface area (Å²) >= 11 is 0. The average Bonchev–Trinajstić information content (AvgIpc) is 1.58. The van der Waals surface area contributed by atoms with Crippen LogP contribution >= 0.6 is 0 Å². The van der Waals surface area contributed by atoms with Crippen LogP contribution in [0.1, 0.15) is 74.9 Å². The highest BCUT2D eigenvalue weighted by Gasteiger charge is 2.39. The molecule has 0 amide bonds. The molecule has 0 fully saturated rings. The number of hydrogen-bond acceptors (Lipinski definition) is 3. The van der Waals surface area contributed by atoms with Gasteiger partial charge in [0.05, 0.1) is 5.69 Å². The summed E-state index contributed by atoms with van der Waals surface area (Å²) in [5, 5.41) is 7.51. The molecule has 686 valence electrons. The third-order valence-electron chi connectivity index (χ3n) is 30.2. The molecular formula is C141H107N3. The standard InChI is InChI=1S/C49H37N.C47H35N.C45H35N/c1-49(2)46-20-9-8-19-44(46)45-33-40(26-31-47(45)49)39-17-10-16-38(32-39)36-24-29-42(30-25-36)50(48-21-11-15-37-14-6-7-18-43(37)48)41-27-22-35(23-28-41)34-12-4-3-5-13-34;1-47(2)45-20-8-7-17-43(45)44-31-38(29-30-46(44)47)48(36-25-21-34(22-26-36)41-18-9-13-32-11-3-5-15-39(32)41)37-27-23-35(24-28-37)42-19-10-14-33-12-4-6-16-40(33)42;1-45(2)43-19-10-9-18-41(43)42-29-24-37(31-44(42)45)36-16-11-17-40(30-36)46(38-25-20-34(21-26-38)32-12-5-3-6-13-32)39-27-22-35(23-28-39)33-14-7-4-8-15-33/h3-33H,1-2H3;3-31H,1-2H3;3-31H,1-2H3. The van der Waals surface area contributed by atoms with E-state index in [0.717, 1.165) is 51.2 Å². The van der Waals surface area contributed by atoms with Gasteiger partial charge in [-0.1, -0.05) is 460 Å². The van der Waals surface area contributed by atoms with Crippen molar-refractivity contribution in [2.24, 2.45) is 0 Å². The Morgan fingerprint density at radius 2 is 0.375 bits per heavy atom. The first-order valence-corrected chi connectivity index (χ1v) is 50.2. The van der Waals surface area contributed by atoms with Crippen LogP contribution in [-0.4, -0.2) is 0 Å². The zero-order valence-electron chi connectivity index (χ0n) is 81.7. The van der Waals surface area contributed by atoms with Crippen molar-refractivity contribution < 1.29 is 0 Å². The van der Waals surface area contributed by atoms with Crippen molar-refractivity contribution in [1.82, 2.24) is 0 Å². The number of fused-ring (bicyclic) bond motifs is 12. The fourth-order valence-electron chi connectivity index (χ4n) is 22.7. The predicted octanol–water partition coefficient (Wildman–Crippen LogP) is 39.2. The number of rotatable bonds is 17. The molecule has 0 heterocycles. The molecule has 0 saturated heterocycles. The highest BCUT2D eigenvalue weighted by atomic mass is 15.2. The van der Waals surface area contributed by atoms with Crippen LogP contribution < -0.4 is 14.7 Å². The Bertz CT molecular complexity index is 8500. The van der Waals surface area contributed by atoms with Crippen LogP contribution in [0.3, 0.4) is 0 Å². The third-order valence-corrected chi connectivity index (χ3v) is 30.2. The van der Waals surface area contributed by atoms with Crippen molar-refractivity contribution in [3.63, 3.8) is 0 Å². The van der Waals surface area contributed by atoms with Gasteiger partial charge in [-0.25, -0.2) is 0 Å². The van der Waals surface area contributed by atoms with E-state index in [1.54, 1.807) is 0 Å². The van der Waals surface area contributed by atoms with Crippen LogP contribution in [0.25, 0.3) is 155 Å². The quantitative estimate of drug-likeness (QED) is 0.0900. The molecule has 0 aromatic heterocycles. The van der Waals surface area contributed by atoms with Gasteiger partial charge in [-0.15, -0.1) is 0 Å². The molecule has 3 aliphatic rings. The second-order valence-corrected chi connectivity index (χ2v) is 39.8. The van der Waals surface area contributed by atoms with Crippen LogP contribution in [0.15, 0.2) is 540 Å². The minimum absolute atomic E-state index is 0.0118. The Hall–Kier alpha value is -17.8. The number of anilines is 9. The maximum Gasteiger partial charge on any atom is 0.0540 e. The molecule has 0 aliphatic heterocycles. The Balaban J connectivity index is 0.000000116. The lowest BCUT2D eigenvalue weighted by Crippen LogP contribution is -2.15. The van der Waals surface area contributed by atoms with Gasteiger partial charge >= 0.3 is 0 Å². The first-order valence-electron chi connectivity index (χ1n) is 50.2. The Morgan fingerprint density at radius 3 is 0.833 bits per heavy atom. The summed E-state index contributed by atoms with van der Waals surface area (Å²) in [5.41, 5.74) is 46.1. The van der Waals surface area contributed by atoms with Gasteiger partial charge in [0.2, 0.25) is 0 Å². The smallest absolute Gasteiger partial charge is 0.0540 e. The number of nitrogens with zero attached hydrogens (tertiary/aromatic N) is 3. The molecule has 3 heteroatoms. The minimum atomic E-state index is -0.0351. The second-order valence-electron chi connectivity index (χ2n) is 39.8. The van der Waals surface area contributed by atoms with E-state index in [9.17, 15) is 0 Å². The van der Waals surface area contributed by atoms with E-state index < -0.39 is 0 Å². The van der Waals surface area contributed by atoms with Gasteiger partial charge in [-0.3, -0.25) is 0 Å². The monoisotopic (exact) mass is 1840 g/mol. The normalized spacial score (nSPS) is 12.8. The highest BCUT2D eigenvalue weighted by molar-refractivity contribution is 6.02. The summed E-state index contributed by atoms with van der Waals surface area (Å²) in [6, 6.07) is 197. The number of benzene rings is 23. The molecule has 0 unspecified atom stereocenters. The van der Waals surface area contributed by atoms with Crippen molar-refractivity contribution in [2.45, 2.75) is 57.8 Å². The lowest BCUT2D eigenvalue weighted by molar-refractivity contribution is 0.660. The topological polar surface area (TPSA) is 9.72 Å². The molecule has 0 atom stereocenters. The average molecular weight is 1840 g/mol. The summed E-state index contributed by atoms with van der Waals surface area (Å²) in [7, 11) is 0. The largest absolute Gasteiger partial charge is 0.310 e. The zero-order valence-corrected chi connectivity index (χ0v) is 81.7. The molecule has 23 aromatic carbocycles. The van der Waals surface area contributed by atoms with Crippen LogP contribution in [0, 0.1) is 0 Å². The Kier molecular flexibility index (Phi) is 23.1. The summed E-state index contributed by atoms with van der Waals surface area (Å²) in [5.74, 6) is 0. The molecule has 0 N–H and O–H groups in total. The van der Waals surface area contributed by atoms with E-state index in [-0.39, 0.29) is 16.2 Å². The van der Waals surface area contributed by atoms with Gasteiger partial charge in [-0.2, -0.15) is 0 Å². The van der Waals surface area contributed by atoms with E-state index >= 15 is 0 Å². The first kappa shape index (κ1) is 88.9. The maximum atomic E-state index is 2.40. The van der Waals surface area contributed by atoms with Crippen molar-refractivity contribution in [3.05, 3.63) is 573 Å². The van der Waals surface area contributed by atoms with Gasteiger partial charge in [0.15, 0.2) is 0 Å². The summed E-state index contributed by atoms with van der Waals surface area (Å²) < 4.78 is 0. The molecule has 0 radical (unpaired) electrons. The summed E-state index contributed by atoms with van der Waals surface area (Å²) in [6.07, 6.45) is 0. The van der Waals surface area contributed by atoms with Gasteiger partial charge in [0, 0.05) is 67.1 Å². The van der Waals surface area contributed by atoms with Crippen molar-refractivity contribution >= 4 is 83.5 Å². The summed E-state index contributed by atoms with van der Waals surface area (Å²) in [6.45, 7) is 14.0. The van der Waals surface area contributed by atoms with E-state index in [2.05, 4.69) is 596 Å². The summed E-state index contributed by atoms with van der Waals surface area (Å²) in [4.78, 5) is 7.13. The van der Waals surface area contributed by atoms with Crippen molar-refractivity contribution in [2.75, 3.05) is 14.7 Å². The van der Waals surface area contributed by atoms with Crippen LogP contribution in [0.2, 0.25) is 0 Å².